The van der Waals surface area contributed by atoms with E-state index in [1.54, 1.807) is 6.07 Å². The van der Waals surface area contributed by atoms with Crippen LogP contribution in [0.25, 0.3) is 0 Å². The van der Waals surface area contributed by atoms with Crippen molar-refractivity contribution >= 4 is 5.97 Å². The summed E-state index contributed by atoms with van der Waals surface area (Å²) in [4.78, 5) is 11.1. The average Bonchev–Trinajstić information content (AvgIpc) is 2.69. The number of hydrogen-bond donors (Lipinski definition) is 1. The van der Waals surface area contributed by atoms with Crippen molar-refractivity contribution < 1.29 is 9.90 Å². The molecule has 20 heavy (non-hydrogen) atoms. The van der Waals surface area contributed by atoms with E-state index < -0.39 is 5.97 Å². The van der Waals surface area contributed by atoms with Crippen LogP contribution in [0, 0.1) is 13.8 Å². The molecule has 0 aliphatic rings. The first-order valence-corrected chi connectivity index (χ1v) is 7.98. The molecule has 1 aromatic heterocycles. The van der Waals surface area contributed by atoms with Gasteiger partial charge in [0.2, 0.25) is 0 Å². The molecule has 0 aromatic carbocycles. The molecule has 0 saturated heterocycles. The second kappa shape index (κ2) is 8.83. The summed E-state index contributed by atoms with van der Waals surface area (Å²) in [5, 5.41) is 9.10. The fourth-order valence-corrected chi connectivity index (χ4v) is 2.77. The highest BCUT2D eigenvalue weighted by Crippen LogP contribution is 2.17. The van der Waals surface area contributed by atoms with Crippen LogP contribution in [-0.4, -0.2) is 15.6 Å². The molecule has 0 spiro atoms. The first kappa shape index (κ1) is 16.8. The normalized spacial score (nSPS) is 10.9. The number of unbranched alkanes of at least 4 members (excludes halogenated alkanes) is 7. The van der Waals surface area contributed by atoms with E-state index in [4.69, 9.17) is 5.11 Å². The maximum Gasteiger partial charge on any atom is 0.337 e. The number of aryl methyl sites for hydroxylation is 1. The van der Waals surface area contributed by atoms with E-state index in [0.717, 1.165) is 24.4 Å². The van der Waals surface area contributed by atoms with Gasteiger partial charge in [0.05, 0.1) is 5.56 Å². The number of nitrogens with zero attached hydrogens (tertiary/aromatic N) is 1. The number of aromatic carboxylic acids is 1. The Balaban J connectivity index is 2.27. The summed E-state index contributed by atoms with van der Waals surface area (Å²) in [6.07, 6.45) is 10.4. The van der Waals surface area contributed by atoms with Gasteiger partial charge in [-0.15, -0.1) is 0 Å². The lowest BCUT2D eigenvalue weighted by atomic mass is 10.1. The van der Waals surface area contributed by atoms with E-state index >= 15 is 0 Å². The maximum absolute atomic E-state index is 11.1. The quantitative estimate of drug-likeness (QED) is 0.616. The largest absolute Gasteiger partial charge is 0.478 e. The molecule has 0 radical (unpaired) electrons. The minimum atomic E-state index is -0.819. The molecule has 1 heterocycles. The highest BCUT2D eigenvalue weighted by molar-refractivity contribution is 5.89. The fraction of sp³-hybridized carbons (Fsp3) is 0.706. The Hall–Kier alpha value is -1.25. The fourth-order valence-electron chi connectivity index (χ4n) is 2.77. The van der Waals surface area contributed by atoms with Gasteiger partial charge in [-0.3, -0.25) is 0 Å². The zero-order valence-electron chi connectivity index (χ0n) is 13.2. The van der Waals surface area contributed by atoms with Crippen LogP contribution < -0.4 is 0 Å². The number of rotatable bonds is 10. The standard InChI is InChI=1S/C17H29NO2/c1-4-5-6-7-8-9-10-11-12-18-14(2)13-16(15(18)3)17(19)20/h13H,4-12H2,1-3H3,(H,19,20). The molecule has 0 unspecified atom stereocenters. The second-order valence-corrected chi connectivity index (χ2v) is 5.72. The zero-order chi connectivity index (χ0) is 15.0. The molecule has 0 aliphatic carbocycles. The molecule has 3 nitrogen and oxygen atoms in total. The Labute approximate surface area is 123 Å². The third kappa shape index (κ3) is 5.03. The van der Waals surface area contributed by atoms with Crippen molar-refractivity contribution in [3.63, 3.8) is 0 Å². The number of carboxylic acids is 1. The number of hydrogen-bond acceptors (Lipinski definition) is 1. The summed E-state index contributed by atoms with van der Waals surface area (Å²) >= 11 is 0. The second-order valence-electron chi connectivity index (χ2n) is 5.72. The maximum atomic E-state index is 11.1. The third-order valence-corrected chi connectivity index (χ3v) is 4.04. The van der Waals surface area contributed by atoms with Crippen molar-refractivity contribution in [2.45, 2.75) is 78.7 Å². The molecule has 0 aliphatic heterocycles. The van der Waals surface area contributed by atoms with Gasteiger partial charge in [-0.25, -0.2) is 4.79 Å². The van der Waals surface area contributed by atoms with E-state index in [9.17, 15) is 4.79 Å². The predicted molar refractivity (Wildman–Crippen MR) is 83.5 cm³/mol. The number of aromatic nitrogens is 1. The molecule has 3 heteroatoms. The number of carbonyl (C=O) groups is 1. The van der Waals surface area contributed by atoms with Gasteiger partial charge in [0.25, 0.3) is 0 Å². The van der Waals surface area contributed by atoms with Crippen LogP contribution in [0.5, 0.6) is 0 Å². The molecular formula is C17H29NO2. The van der Waals surface area contributed by atoms with E-state index in [-0.39, 0.29) is 0 Å². The van der Waals surface area contributed by atoms with Crippen molar-refractivity contribution in [2.75, 3.05) is 0 Å². The molecular weight excluding hydrogens is 250 g/mol. The van der Waals surface area contributed by atoms with E-state index in [0.29, 0.717) is 5.56 Å². The Morgan fingerprint density at radius 2 is 1.60 bits per heavy atom. The van der Waals surface area contributed by atoms with Crippen molar-refractivity contribution in [2.24, 2.45) is 0 Å². The lowest BCUT2D eigenvalue weighted by molar-refractivity contribution is 0.0696. The van der Waals surface area contributed by atoms with Gasteiger partial charge in [0.15, 0.2) is 0 Å². The molecule has 1 rings (SSSR count). The molecule has 0 saturated carbocycles. The lowest BCUT2D eigenvalue weighted by Gasteiger charge is -2.09. The molecule has 1 aromatic rings. The Morgan fingerprint density at radius 1 is 1.05 bits per heavy atom. The molecule has 0 fully saturated rings. The highest BCUT2D eigenvalue weighted by Gasteiger charge is 2.13. The minimum Gasteiger partial charge on any atom is -0.478 e. The Bertz CT molecular complexity index is 421. The van der Waals surface area contributed by atoms with E-state index in [1.807, 2.05) is 13.8 Å². The number of carboxylic acid groups (broad SMARTS) is 1. The van der Waals surface area contributed by atoms with Crippen molar-refractivity contribution in [1.82, 2.24) is 4.57 Å². The Kier molecular flexibility index (Phi) is 7.42. The van der Waals surface area contributed by atoms with Gasteiger partial charge in [-0.05, 0) is 26.3 Å². The SMILES string of the molecule is CCCCCCCCCCn1c(C)cc(C(=O)O)c1C. The lowest BCUT2D eigenvalue weighted by Crippen LogP contribution is -2.04. The van der Waals surface area contributed by atoms with Crippen LogP contribution in [0.4, 0.5) is 0 Å². The monoisotopic (exact) mass is 279 g/mol. The van der Waals surface area contributed by atoms with E-state index in [1.165, 1.54) is 44.9 Å². The first-order chi connectivity index (χ1) is 9.57. The van der Waals surface area contributed by atoms with Gasteiger partial charge in [-0.1, -0.05) is 51.9 Å². The summed E-state index contributed by atoms with van der Waals surface area (Å²) in [6.45, 7) is 7.08. The van der Waals surface area contributed by atoms with Crippen LogP contribution in [0.3, 0.4) is 0 Å². The summed E-state index contributed by atoms with van der Waals surface area (Å²) < 4.78 is 2.14. The van der Waals surface area contributed by atoms with Gasteiger partial charge in [0, 0.05) is 17.9 Å². The van der Waals surface area contributed by atoms with Gasteiger partial charge in [-0.2, -0.15) is 0 Å². The summed E-state index contributed by atoms with van der Waals surface area (Å²) in [5.74, 6) is -0.819. The smallest absolute Gasteiger partial charge is 0.337 e. The van der Waals surface area contributed by atoms with Crippen LogP contribution in [0.15, 0.2) is 6.07 Å². The highest BCUT2D eigenvalue weighted by atomic mass is 16.4. The minimum absolute atomic E-state index is 0.446. The zero-order valence-corrected chi connectivity index (χ0v) is 13.2. The molecule has 0 atom stereocenters. The van der Waals surface area contributed by atoms with Gasteiger partial charge < -0.3 is 9.67 Å². The molecule has 114 valence electrons. The predicted octanol–water partition coefficient (Wildman–Crippen LogP) is 4.94. The molecule has 0 amide bonds. The average molecular weight is 279 g/mol. The van der Waals surface area contributed by atoms with Crippen molar-refractivity contribution in [3.8, 4) is 0 Å². The summed E-state index contributed by atoms with van der Waals surface area (Å²) in [7, 11) is 0. The summed E-state index contributed by atoms with van der Waals surface area (Å²) in [5.41, 5.74) is 2.39. The Morgan fingerprint density at radius 3 is 2.10 bits per heavy atom. The van der Waals surface area contributed by atoms with Gasteiger partial charge >= 0.3 is 5.97 Å². The van der Waals surface area contributed by atoms with Crippen molar-refractivity contribution in [1.29, 1.82) is 0 Å². The third-order valence-electron chi connectivity index (χ3n) is 4.04. The van der Waals surface area contributed by atoms with Crippen LogP contribution in [0.2, 0.25) is 0 Å². The van der Waals surface area contributed by atoms with Crippen LogP contribution in [0.1, 0.15) is 80.0 Å². The topological polar surface area (TPSA) is 42.2 Å². The summed E-state index contributed by atoms with van der Waals surface area (Å²) in [6, 6.07) is 1.78. The van der Waals surface area contributed by atoms with Gasteiger partial charge in [0.1, 0.15) is 0 Å². The van der Waals surface area contributed by atoms with Crippen LogP contribution in [-0.2, 0) is 6.54 Å². The molecule has 1 N–H and O–H groups in total. The molecule has 0 bridgehead atoms. The van der Waals surface area contributed by atoms with E-state index in [2.05, 4.69) is 11.5 Å². The van der Waals surface area contributed by atoms with Crippen molar-refractivity contribution in [3.05, 3.63) is 23.0 Å². The van der Waals surface area contributed by atoms with Crippen LogP contribution >= 0.6 is 0 Å². The first-order valence-electron chi connectivity index (χ1n) is 7.98.